The second kappa shape index (κ2) is 6.30. The van der Waals surface area contributed by atoms with Gasteiger partial charge in [0.2, 0.25) is 11.8 Å². The maximum absolute atomic E-state index is 12.8. The summed E-state index contributed by atoms with van der Waals surface area (Å²) in [5.41, 5.74) is 1.06. The van der Waals surface area contributed by atoms with Crippen molar-refractivity contribution in [3.63, 3.8) is 0 Å². The Kier molecular flexibility index (Phi) is 3.90. The Balaban J connectivity index is 1.28. The number of ether oxygens (including phenoxy) is 1. The zero-order valence-corrected chi connectivity index (χ0v) is 15.0. The lowest BCUT2D eigenvalue weighted by Gasteiger charge is -2.17. The summed E-state index contributed by atoms with van der Waals surface area (Å²) in [7, 11) is 0. The minimum absolute atomic E-state index is 0.0939. The highest BCUT2D eigenvalue weighted by atomic mass is 16.5. The molecule has 0 radical (unpaired) electrons. The Labute approximate surface area is 157 Å². The third-order valence-corrected chi connectivity index (χ3v) is 6.37. The summed E-state index contributed by atoms with van der Waals surface area (Å²) >= 11 is 0. The molecule has 0 unspecified atom stereocenters. The first-order chi connectivity index (χ1) is 13.1. The SMILES string of the molecule is O=C(NC[C@H]1CCCO1)c1ccc(N2C(=O)[C@@H]3[C@H](C2=O)[C@H]2C=C[C@@H]3C2)cc1. The van der Waals surface area contributed by atoms with Crippen LogP contribution in [0.4, 0.5) is 5.69 Å². The first kappa shape index (κ1) is 16.7. The Morgan fingerprint density at radius 1 is 1.07 bits per heavy atom. The molecule has 2 saturated heterocycles. The average Bonchev–Trinajstić information content (AvgIpc) is 3.45. The number of benzene rings is 1. The van der Waals surface area contributed by atoms with Crippen molar-refractivity contribution >= 4 is 23.4 Å². The summed E-state index contributed by atoms with van der Waals surface area (Å²) in [6.07, 6.45) is 7.19. The van der Waals surface area contributed by atoms with Gasteiger partial charge in [0, 0.05) is 18.7 Å². The second-order valence-corrected chi connectivity index (χ2v) is 7.90. The summed E-state index contributed by atoms with van der Waals surface area (Å²) < 4.78 is 5.51. The zero-order valence-electron chi connectivity index (χ0n) is 15.0. The Bertz CT molecular complexity index is 795. The van der Waals surface area contributed by atoms with E-state index < -0.39 is 0 Å². The number of fused-ring (bicyclic) bond motifs is 5. The van der Waals surface area contributed by atoms with Gasteiger partial charge in [0.05, 0.1) is 23.6 Å². The lowest BCUT2D eigenvalue weighted by Crippen LogP contribution is -2.33. The summed E-state index contributed by atoms with van der Waals surface area (Å²) in [5, 5.41) is 2.88. The largest absolute Gasteiger partial charge is 0.376 e. The molecule has 1 N–H and O–H groups in total. The van der Waals surface area contributed by atoms with Gasteiger partial charge < -0.3 is 10.1 Å². The minimum Gasteiger partial charge on any atom is -0.376 e. The van der Waals surface area contributed by atoms with Crippen molar-refractivity contribution in [1.29, 1.82) is 0 Å². The van der Waals surface area contributed by atoms with Crippen molar-refractivity contribution in [3.05, 3.63) is 42.0 Å². The van der Waals surface area contributed by atoms with E-state index in [4.69, 9.17) is 4.74 Å². The zero-order chi connectivity index (χ0) is 18.5. The first-order valence-corrected chi connectivity index (χ1v) is 9.69. The predicted molar refractivity (Wildman–Crippen MR) is 98.0 cm³/mol. The van der Waals surface area contributed by atoms with Crippen molar-refractivity contribution in [3.8, 4) is 0 Å². The molecular formula is C21H22N2O4. The number of hydrogen-bond donors (Lipinski definition) is 1. The van der Waals surface area contributed by atoms with Crippen LogP contribution in [0.15, 0.2) is 36.4 Å². The van der Waals surface area contributed by atoms with E-state index in [2.05, 4.69) is 17.5 Å². The summed E-state index contributed by atoms with van der Waals surface area (Å²) in [6.45, 7) is 1.26. The van der Waals surface area contributed by atoms with Crippen molar-refractivity contribution in [2.45, 2.75) is 25.4 Å². The Hall–Kier alpha value is -2.47. The van der Waals surface area contributed by atoms with E-state index in [1.807, 2.05) is 0 Å². The Morgan fingerprint density at radius 3 is 2.33 bits per heavy atom. The molecule has 0 aromatic heterocycles. The molecule has 2 aliphatic carbocycles. The van der Waals surface area contributed by atoms with E-state index in [1.54, 1.807) is 24.3 Å². The quantitative estimate of drug-likeness (QED) is 0.652. The van der Waals surface area contributed by atoms with Crippen LogP contribution in [0.2, 0.25) is 0 Å². The monoisotopic (exact) mass is 366 g/mol. The lowest BCUT2D eigenvalue weighted by atomic mass is 9.85. The smallest absolute Gasteiger partial charge is 0.251 e. The first-order valence-electron chi connectivity index (χ1n) is 9.69. The number of rotatable bonds is 4. The molecule has 5 atom stereocenters. The van der Waals surface area contributed by atoms with Crippen LogP contribution >= 0.6 is 0 Å². The molecule has 6 nitrogen and oxygen atoms in total. The fraction of sp³-hybridized carbons (Fsp3) is 0.476. The number of hydrogen-bond acceptors (Lipinski definition) is 4. The number of carbonyl (C=O) groups excluding carboxylic acids is 3. The second-order valence-electron chi connectivity index (χ2n) is 7.90. The molecule has 0 spiro atoms. The molecule has 5 rings (SSSR count). The van der Waals surface area contributed by atoms with Crippen molar-refractivity contribution in [1.82, 2.24) is 5.32 Å². The maximum Gasteiger partial charge on any atom is 0.251 e. The maximum atomic E-state index is 12.8. The van der Waals surface area contributed by atoms with E-state index in [0.717, 1.165) is 25.9 Å². The van der Waals surface area contributed by atoms with E-state index in [-0.39, 0.29) is 47.5 Å². The number of allylic oxidation sites excluding steroid dienone is 2. The highest BCUT2D eigenvalue weighted by Gasteiger charge is 2.59. The topological polar surface area (TPSA) is 75.7 Å². The van der Waals surface area contributed by atoms with Gasteiger partial charge in [0.25, 0.3) is 5.91 Å². The molecule has 6 heteroatoms. The molecule has 2 aliphatic heterocycles. The van der Waals surface area contributed by atoms with E-state index in [1.165, 1.54) is 4.90 Å². The highest BCUT2D eigenvalue weighted by molar-refractivity contribution is 6.22. The number of imide groups is 1. The number of amides is 3. The third-order valence-electron chi connectivity index (χ3n) is 6.37. The predicted octanol–water partition coefficient (Wildman–Crippen LogP) is 1.91. The number of carbonyl (C=O) groups is 3. The van der Waals surface area contributed by atoms with Gasteiger partial charge in [-0.3, -0.25) is 19.3 Å². The van der Waals surface area contributed by atoms with Gasteiger partial charge in [-0.25, -0.2) is 0 Å². The van der Waals surface area contributed by atoms with Crippen LogP contribution in [0.25, 0.3) is 0 Å². The van der Waals surface area contributed by atoms with Crippen LogP contribution in [0.3, 0.4) is 0 Å². The molecule has 2 bridgehead atoms. The summed E-state index contributed by atoms with van der Waals surface area (Å²) in [4.78, 5) is 39.3. The molecule has 3 amide bonds. The number of anilines is 1. The van der Waals surface area contributed by atoms with E-state index >= 15 is 0 Å². The van der Waals surface area contributed by atoms with Gasteiger partial charge in [-0.2, -0.15) is 0 Å². The molecule has 3 fully saturated rings. The molecule has 2 heterocycles. The van der Waals surface area contributed by atoms with Crippen molar-refractivity contribution in [2.24, 2.45) is 23.7 Å². The molecule has 4 aliphatic rings. The molecular weight excluding hydrogens is 344 g/mol. The van der Waals surface area contributed by atoms with E-state index in [9.17, 15) is 14.4 Å². The van der Waals surface area contributed by atoms with Gasteiger partial charge in [0.15, 0.2) is 0 Å². The van der Waals surface area contributed by atoms with Gasteiger partial charge in [-0.15, -0.1) is 0 Å². The van der Waals surface area contributed by atoms with Crippen LogP contribution < -0.4 is 10.2 Å². The van der Waals surface area contributed by atoms with Gasteiger partial charge in [-0.05, 0) is 55.4 Å². The van der Waals surface area contributed by atoms with Gasteiger partial charge in [0.1, 0.15) is 0 Å². The van der Waals surface area contributed by atoms with Crippen LogP contribution in [-0.4, -0.2) is 37.0 Å². The molecule has 1 aromatic rings. The van der Waals surface area contributed by atoms with Crippen LogP contribution in [-0.2, 0) is 14.3 Å². The average molecular weight is 366 g/mol. The Morgan fingerprint density at radius 2 is 1.74 bits per heavy atom. The minimum atomic E-state index is -0.207. The lowest BCUT2D eigenvalue weighted by molar-refractivity contribution is -0.123. The van der Waals surface area contributed by atoms with Crippen LogP contribution in [0.1, 0.15) is 29.6 Å². The molecule has 1 aromatic carbocycles. The van der Waals surface area contributed by atoms with Crippen LogP contribution in [0.5, 0.6) is 0 Å². The molecule has 27 heavy (non-hydrogen) atoms. The standard InChI is InChI=1S/C21H22N2O4/c24-19(22-11-16-2-1-9-27-16)12-5-7-15(8-6-12)23-20(25)17-13-3-4-14(10-13)18(17)21(23)26/h3-8,13-14,16-18H,1-2,9-11H2,(H,22,24)/t13-,14+,16-,17+,18-/m1/s1. The normalized spacial score (nSPS) is 33.8. The van der Waals surface area contributed by atoms with Crippen LogP contribution in [0, 0.1) is 23.7 Å². The molecule has 140 valence electrons. The van der Waals surface area contributed by atoms with Crippen molar-refractivity contribution in [2.75, 3.05) is 18.1 Å². The summed E-state index contributed by atoms with van der Waals surface area (Å²) in [5.74, 6) is -0.387. The molecule has 1 saturated carbocycles. The van der Waals surface area contributed by atoms with E-state index in [0.29, 0.717) is 17.8 Å². The number of nitrogens with one attached hydrogen (secondary N) is 1. The van der Waals surface area contributed by atoms with Crippen molar-refractivity contribution < 1.29 is 19.1 Å². The number of nitrogens with zero attached hydrogens (tertiary/aromatic N) is 1. The third kappa shape index (κ3) is 2.62. The fourth-order valence-electron chi connectivity index (χ4n) is 5.03. The highest BCUT2D eigenvalue weighted by Crippen LogP contribution is 2.53. The van der Waals surface area contributed by atoms with Gasteiger partial charge >= 0.3 is 0 Å². The van der Waals surface area contributed by atoms with Gasteiger partial charge in [-0.1, -0.05) is 12.2 Å². The summed E-state index contributed by atoms with van der Waals surface area (Å²) in [6, 6.07) is 6.71. The fourth-order valence-corrected chi connectivity index (χ4v) is 5.03.